The molecule has 1 atom stereocenters. The normalized spacial score (nSPS) is 12.1. The molecular formula is C4H11N5O. The molecule has 58 valence electrons. The van der Waals surface area contributed by atoms with Gasteiger partial charge in [0, 0.05) is 0 Å². The van der Waals surface area contributed by atoms with Crippen molar-refractivity contribution in [2.75, 3.05) is 6.54 Å². The fourth-order valence-corrected chi connectivity index (χ4v) is 0.294. The van der Waals surface area contributed by atoms with E-state index in [2.05, 4.69) is 4.99 Å². The Balaban J connectivity index is 3.70. The number of hydrogen-bond acceptors (Lipinski definition) is 3. The maximum absolute atomic E-state index is 10.3. The van der Waals surface area contributed by atoms with Gasteiger partial charge in [0.05, 0.1) is 6.54 Å². The van der Waals surface area contributed by atoms with E-state index < -0.39 is 11.9 Å². The molecule has 0 fully saturated rings. The summed E-state index contributed by atoms with van der Waals surface area (Å²) in [6.07, 6.45) is 0. The third-order valence-corrected chi connectivity index (χ3v) is 0.836. The van der Waals surface area contributed by atoms with Crippen LogP contribution in [0.15, 0.2) is 4.99 Å². The van der Waals surface area contributed by atoms with Crippen molar-refractivity contribution in [1.29, 1.82) is 0 Å². The molecule has 0 heterocycles. The molecule has 0 bridgehead atoms. The third-order valence-electron chi connectivity index (χ3n) is 0.836. The summed E-state index contributed by atoms with van der Waals surface area (Å²) in [6.45, 7) is 0.0394. The third kappa shape index (κ3) is 3.67. The Bertz CT molecular complexity index is 150. The molecule has 6 nitrogen and oxygen atoms in total. The number of rotatable bonds is 3. The highest BCUT2D eigenvalue weighted by Gasteiger charge is 2.06. The van der Waals surface area contributed by atoms with Crippen LogP contribution in [0, 0.1) is 0 Å². The number of guanidine groups is 1. The number of hydrogen-bond donors (Lipinski definition) is 4. The predicted molar refractivity (Wildman–Crippen MR) is 37.8 cm³/mol. The number of amides is 1. The molecule has 0 saturated carbocycles. The van der Waals surface area contributed by atoms with Crippen LogP contribution in [0.2, 0.25) is 0 Å². The van der Waals surface area contributed by atoms with Gasteiger partial charge in [0.1, 0.15) is 6.04 Å². The molecule has 1 unspecified atom stereocenters. The highest BCUT2D eigenvalue weighted by molar-refractivity contribution is 5.81. The van der Waals surface area contributed by atoms with Gasteiger partial charge in [-0.05, 0) is 0 Å². The maximum atomic E-state index is 10.3. The van der Waals surface area contributed by atoms with Gasteiger partial charge >= 0.3 is 0 Å². The Labute approximate surface area is 58.3 Å². The topological polar surface area (TPSA) is 134 Å². The Hall–Kier alpha value is -1.30. The molecule has 0 spiro atoms. The van der Waals surface area contributed by atoms with Crippen LogP contribution in [-0.4, -0.2) is 24.5 Å². The zero-order valence-electron chi connectivity index (χ0n) is 5.45. The van der Waals surface area contributed by atoms with Crippen LogP contribution >= 0.6 is 0 Å². The fraction of sp³-hybridized carbons (Fsp3) is 0.500. The van der Waals surface area contributed by atoms with Gasteiger partial charge in [-0.15, -0.1) is 0 Å². The standard InChI is InChI=1S/C4H11N5O/c5-2(3(6)10)1-9-4(7)8/h2H,1,5H2,(H2,6,10)(H4,7,8,9). The second-order valence-corrected chi connectivity index (χ2v) is 1.77. The van der Waals surface area contributed by atoms with E-state index in [0.717, 1.165) is 0 Å². The number of nitrogens with two attached hydrogens (primary N) is 4. The second kappa shape index (κ2) is 3.67. The van der Waals surface area contributed by atoms with Crippen LogP contribution < -0.4 is 22.9 Å². The van der Waals surface area contributed by atoms with E-state index >= 15 is 0 Å². The number of primary amides is 1. The van der Waals surface area contributed by atoms with Gasteiger partial charge in [-0.2, -0.15) is 0 Å². The lowest BCUT2D eigenvalue weighted by Gasteiger charge is -2.01. The van der Waals surface area contributed by atoms with E-state index in [9.17, 15) is 4.79 Å². The van der Waals surface area contributed by atoms with Crippen LogP contribution in [0.5, 0.6) is 0 Å². The van der Waals surface area contributed by atoms with Gasteiger partial charge in [0.25, 0.3) is 0 Å². The SMILES string of the molecule is NC(=O)C(N)CN=C(N)N. The summed E-state index contributed by atoms with van der Waals surface area (Å²) in [5, 5.41) is 0. The van der Waals surface area contributed by atoms with E-state index in [-0.39, 0.29) is 12.5 Å². The first-order chi connectivity index (χ1) is 4.54. The molecule has 0 aliphatic rings. The molecule has 0 radical (unpaired) electrons. The zero-order chi connectivity index (χ0) is 8.15. The minimum Gasteiger partial charge on any atom is -0.370 e. The molecule has 0 aromatic carbocycles. The molecule has 10 heavy (non-hydrogen) atoms. The van der Waals surface area contributed by atoms with Crippen LogP contribution in [0.3, 0.4) is 0 Å². The first kappa shape index (κ1) is 8.70. The fourth-order valence-electron chi connectivity index (χ4n) is 0.294. The zero-order valence-corrected chi connectivity index (χ0v) is 5.45. The van der Waals surface area contributed by atoms with Crippen molar-refractivity contribution in [3.8, 4) is 0 Å². The Kier molecular flexibility index (Phi) is 3.20. The van der Waals surface area contributed by atoms with Crippen LogP contribution in [0.25, 0.3) is 0 Å². The largest absolute Gasteiger partial charge is 0.370 e. The highest BCUT2D eigenvalue weighted by Crippen LogP contribution is 1.76. The summed E-state index contributed by atoms with van der Waals surface area (Å²) in [6, 6.07) is -0.804. The van der Waals surface area contributed by atoms with E-state index in [4.69, 9.17) is 22.9 Å². The second-order valence-electron chi connectivity index (χ2n) is 1.77. The van der Waals surface area contributed by atoms with Gasteiger partial charge in [0.2, 0.25) is 5.91 Å². The van der Waals surface area contributed by atoms with Crippen molar-refractivity contribution in [1.82, 2.24) is 0 Å². The van der Waals surface area contributed by atoms with Gasteiger partial charge in [-0.25, -0.2) is 0 Å². The van der Waals surface area contributed by atoms with Crippen molar-refractivity contribution in [3.63, 3.8) is 0 Å². The molecule has 0 aromatic heterocycles. The highest BCUT2D eigenvalue weighted by atomic mass is 16.1. The van der Waals surface area contributed by atoms with E-state index in [1.165, 1.54) is 0 Å². The predicted octanol–water partition coefficient (Wildman–Crippen LogP) is -2.93. The lowest BCUT2D eigenvalue weighted by atomic mass is 10.3. The van der Waals surface area contributed by atoms with E-state index in [1.54, 1.807) is 0 Å². The summed E-state index contributed by atoms with van der Waals surface area (Å²) < 4.78 is 0. The van der Waals surface area contributed by atoms with Crippen LogP contribution in [0.4, 0.5) is 0 Å². The summed E-state index contributed by atoms with van der Waals surface area (Å²) in [4.78, 5) is 13.8. The number of carbonyl (C=O) groups is 1. The minimum absolute atomic E-state index is 0.0394. The molecule has 0 aromatic rings. The molecule has 0 rings (SSSR count). The summed E-state index contributed by atoms with van der Waals surface area (Å²) >= 11 is 0. The smallest absolute Gasteiger partial charge is 0.236 e. The van der Waals surface area contributed by atoms with E-state index in [1.807, 2.05) is 0 Å². The molecule has 0 saturated heterocycles. The molecular weight excluding hydrogens is 134 g/mol. The molecule has 8 N–H and O–H groups in total. The van der Waals surface area contributed by atoms with Crippen molar-refractivity contribution in [2.24, 2.45) is 27.9 Å². The number of nitrogens with zero attached hydrogens (tertiary/aromatic N) is 1. The molecule has 6 heteroatoms. The van der Waals surface area contributed by atoms with Crippen molar-refractivity contribution < 1.29 is 4.79 Å². The van der Waals surface area contributed by atoms with E-state index in [0.29, 0.717) is 0 Å². The molecule has 1 amide bonds. The van der Waals surface area contributed by atoms with Gasteiger partial charge in [0.15, 0.2) is 5.96 Å². The molecule has 0 aliphatic carbocycles. The first-order valence-electron chi connectivity index (χ1n) is 2.64. The summed E-state index contributed by atoms with van der Waals surface area (Å²) in [5.41, 5.74) is 19.9. The Morgan fingerprint density at radius 3 is 2.20 bits per heavy atom. The minimum atomic E-state index is -0.804. The number of aliphatic imine (C=N–C) groups is 1. The van der Waals surface area contributed by atoms with Gasteiger partial charge in [-0.3, -0.25) is 9.79 Å². The number of carbonyl (C=O) groups excluding carboxylic acids is 1. The van der Waals surface area contributed by atoms with Crippen LogP contribution in [0.1, 0.15) is 0 Å². The van der Waals surface area contributed by atoms with Crippen LogP contribution in [-0.2, 0) is 4.79 Å². The monoisotopic (exact) mass is 145 g/mol. The first-order valence-corrected chi connectivity index (χ1v) is 2.64. The average Bonchev–Trinajstić information content (AvgIpc) is 1.82. The Morgan fingerprint density at radius 2 is 1.90 bits per heavy atom. The molecule has 0 aliphatic heterocycles. The lowest BCUT2D eigenvalue weighted by molar-refractivity contribution is -0.119. The maximum Gasteiger partial charge on any atom is 0.236 e. The van der Waals surface area contributed by atoms with Crippen molar-refractivity contribution >= 4 is 11.9 Å². The average molecular weight is 145 g/mol. The Morgan fingerprint density at radius 1 is 1.40 bits per heavy atom. The van der Waals surface area contributed by atoms with Crippen molar-refractivity contribution in [2.45, 2.75) is 6.04 Å². The quantitative estimate of drug-likeness (QED) is 0.250. The lowest BCUT2D eigenvalue weighted by Crippen LogP contribution is -2.39. The summed E-state index contributed by atoms with van der Waals surface area (Å²) in [5.74, 6) is -0.721. The summed E-state index contributed by atoms with van der Waals surface area (Å²) in [7, 11) is 0. The van der Waals surface area contributed by atoms with Crippen molar-refractivity contribution in [3.05, 3.63) is 0 Å². The van der Waals surface area contributed by atoms with Gasteiger partial charge < -0.3 is 22.9 Å². The van der Waals surface area contributed by atoms with Gasteiger partial charge in [-0.1, -0.05) is 0 Å².